The molecule has 8 nitrogen and oxygen atoms in total. The monoisotopic (exact) mass is 441 g/mol. The average Bonchev–Trinajstić information content (AvgIpc) is 3.43. The molecule has 0 bridgehead atoms. The van der Waals surface area contributed by atoms with Crippen LogP contribution in [0.4, 0.5) is 16.3 Å². The molecule has 1 atom stereocenters. The van der Waals surface area contributed by atoms with E-state index in [4.69, 9.17) is 14.7 Å². The van der Waals surface area contributed by atoms with E-state index in [1.165, 1.54) is 12.8 Å². The summed E-state index contributed by atoms with van der Waals surface area (Å²) in [5.74, 6) is 1.34. The Labute approximate surface area is 188 Å². The third-order valence-corrected chi connectivity index (χ3v) is 6.57. The first-order chi connectivity index (χ1) is 15.7. The molecule has 1 unspecified atom stereocenters. The summed E-state index contributed by atoms with van der Waals surface area (Å²) in [4.78, 5) is 16.4. The Kier molecular flexibility index (Phi) is 6.36. The van der Waals surface area contributed by atoms with E-state index >= 15 is 0 Å². The van der Waals surface area contributed by atoms with E-state index in [9.17, 15) is 4.39 Å². The van der Waals surface area contributed by atoms with Crippen molar-refractivity contribution in [2.45, 2.75) is 45.1 Å². The quantitative estimate of drug-likeness (QED) is 0.675. The molecule has 2 N–H and O–H groups in total. The Morgan fingerprint density at radius 2 is 2.00 bits per heavy atom. The van der Waals surface area contributed by atoms with Gasteiger partial charge < -0.3 is 15.4 Å². The van der Waals surface area contributed by atoms with Crippen LogP contribution in [0.3, 0.4) is 0 Å². The Balaban J connectivity index is 1.38. The van der Waals surface area contributed by atoms with E-state index in [1.807, 2.05) is 19.1 Å². The largest absolute Gasteiger partial charge is 0.379 e. The van der Waals surface area contributed by atoms with Crippen molar-refractivity contribution >= 4 is 23.1 Å². The fourth-order valence-electron chi connectivity index (χ4n) is 4.76. The summed E-state index contributed by atoms with van der Waals surface area (Å²) in [7, 11) is 0. The molecule has 0 spiro atoms. The van der Waals surface area contributed by atoms with Crippen LogP contribution in [-0.4, -0.2) is 63.8 Å². The number of rotatable bonds is 7. The van der Waals surface area contributed by atoms with Gasteiger partial charge in [-0.2, -0.15) is 4.98 Å². The Bertz CT molecular complexity index is 1010. The molecule has 1 aliphatic heterocycles. The molecule has 5 rings (SSSR count). The standard InChI is InChI=1S/C23H32FN7O/c1-16-6-7-19(18(24)14-16)27-23-28-20-15-26-22(25-8-9-30-10-12-32-13-11-30)29-21(20)31(23)17-4-2-3-5-17/h6-7,15-17H,2-5,8-14H2,1H3,(H,27,28)(H,25,26,29). The maximum atomic E-state index is 14.6. The topological polar surface area (TPSA) is 80.1 Å². The number of halogens is 1. The lowest BCUT2D eigenvalue weighted by Crippen LogP contribution is -2.39. The van der Waals surface area contributed by atoms with Crippen molar-refractivity contribution in [3.8, 4) is 0 Å². The van der Waals surface area contributed by atoms with Gasteiger partial charge in [0, 0.05) is 38.6 Å². The lowest BCUT2D eigenvalue weighted by molar-refractivity contribution is 0.0398. The first kappa shape index (κ1) is 21.3. The van der Waals surface area contributed by atoms with Gasteiger partial charge in [0.05, 0.1) is 25.1 Å². The maximum absolute atomic E-state index is 14.6. The summed E-state index contributed by atoms with van der Waals surface area (Å²) in [6.45, 7) is 7.24. The van der Waals surface area contributed by atoms with E-state index in [0.29, 0.717) is 30.1 Å². The van der Waals surface area contributed by atoms with Crippen LogP contribution in [0.15, 0.2) is 29.9 Å². The fourth-order valence-corrected chi connectivity index (χ4v) is 4.76. The van der Waals surface area contributed by atoms with Crippen molar-refractivity contribution in [3.05, 3.63) is 29.9 Å². The highest BCUT2D eigenvalue weighted by Gasteiger charge is 2.25. The summed E-state index contributed by atoms with van der Waals surface area (Å²) in [6.07, 6.45) is 10.6. The van der Waals surface area contributed by atoms with Gasteiger partial charge in [-0.3, -0.25) is 9.47 Å². The second kappa shape index (κ2) is 9.54. The molecule has 2 aliphatic carbocycles. The SMILES string of the molecule is CC1C=CC(Nc2nc3cnc(NCCN4CCOCC4)nc3n2C2CCCC2)=C(F)C1. The van der Waals surface area contributed by atoms with Crippen LogP contribution in [0.2, 0.25) is 0 Å². The van der Waals surface area contributed by atoms with Crippen LogP contribution in [0, 0.1) is 5.92 Å². The predicted octanol–water partition coefficient (Wildman–Crippen LogP) is 3.87. The summed E-state index contributed by atoms with van der Waals surface area (Å²) >= 11 is 0. The molecule has 172 valence electrons. The van der Waals surface area contributed by atoms with E-state index in [0.717, 1.165) is 63.4 Å². The van der Waals surface area contributed by atoms with Crippen LogP contribution in [0.25, 0.3) is 11.2 Å². The lowest BCUT2D eigenvalue weighted by Gasteiger charge is -2.26. The molecule has 0 radical (unpaired) electrons. The number of imidazole rings is 1. The zero-order valence-electron chi connectivity index (χ0n) is 18.7. The van der Waals surface area contributed by atoms with Gasteiger partial charge in [-0.05, 0) is 24.8 Å². The Morgan fingerprint density at radius 3 is 2.78 bits per heavy atom. The van der Waals surface area contributed by atoms with Crippen molar-refractivity contribution in [1.29, 1.82) is 0 Å². The average molecular weight is 442 g/mol. The third kappa shape index (κ3) is 4.63. The summed E-state index contributed by atoms with van der Waals surface area (Å²) in [5.41, 5.74) is 2.03. The highest BCUT2D eigenvalue weighted by atomic mass is 19.1. The predicted molar refractivity (Wildman–Crippen MR) is 123 cm³/mol. The molecule has 2 aromatic heterocycles. The number of anilines is 2. The molecule has 0 amide bonds. The van der Waals surface area contributed by atoms with Crippen molar-refractivity contribution in [3.63, 3.8) is 0 Å². The van der Waals surface area contributed by atoms with Gasteiger partial charge in [0.25, 0.3) is 0 Å². The molecular formula is C23H32FN7O. The lowest BCUT2D eigenvalue weighted by atomic mass is 10.0. The van der Waals surface area contributed by atoms with Crippen molar-refractivity contribution in [2.24, 2.45) is 5.92 Å². The minimum atomic E-state index is -0.124. The molecule has 3 aliphatic rings. The van der Waals surface area contributed by atoms with Gasteiger partial charge in [-0.15, -0.1) is 0 Å². The van der Waals surface area contributed by atoms with E-state index in [2.05, 4.69) is 25.1 Å². The van der Waals surface area contributed by atoms with Crippen LogP contribution >= 0.6 is 0 Å². The summed E-state index contributed by atoms with van der Waals surface area (Å²) < 4.78 is 22.2. The van der Waals surface area contributed by atoms with E-state index < -0.39 is 0 Å². The normalized spacial score (nSPS) is 22.8. The highest BCUT2D eigenvalue weighted by Crippen LogP contribution is 2.36. The van der Waals surface area contributed by atoms with E-state index in [1.54, 1.807) is 6.20 Å². The van der Waals surface area contributed by atoms with E-state index in [-0.39, 0.29) is 11.7 Å². The highest BCUT2D eigenvalue weighted by molar-refractivity contribution is 5.76. The molecule has 1 saturated heterocycles. The number of allylic oxidation sites excluding steroid dienone is 3. The number of aromatic nitrogens is 4. The van der Waals surface area contributed by atoms with Crippen LogP contribution < -0.4 is 10.6 Å². The fraction of sp³-hybridized carbons (Fsp3) is 0.609. The van der Waals surface area contributed by atoms with Crippen molar-refractivity contribution in [2.75, 3.05) is 50.0 Å². The molecule has 2 fully saturated rings. The summed E-state index contributed by atoms with van der Waals surface area (Å²) in [6, 6.07) is 0.314. The Hall–Kier alpha value is -2.52. The van der Waals surface area contributed by atoms with Gasteiger partial charge >= 0.3 is 0 Å². The van der Waals surface area contributed by atoms with Crippen molar-refractivity contribution in [1.82, 2.24) is 24.4 Å². The smallest absolute Gasteiger partial charge is 0.224 e. The molecule has 1 saturated carbocycles. The van der Waals surface area contributed by atoms with Crippen LogP contribution in [-0.2, 0) is 4.74 Å². The molecule has 3 heterocycles. The number of morpholine rings is 1. The second-order valence-electron chi connectivity index (χ2n) is 9.01. The zero-order chi connectivity index (χ0) is 21.9. The molecule has 9 heteroatoms. The first-order valence-electron chi connectivity index (χ1n) is 11.8. The number of hydrogen-bond acceptors (Lipinski definition) is 7. The summed E-state index contributed by atoms with van der Waals surface area (Å²) in [5, 5.41) is 6.61. The number of nitrogens with one attached hydrogen (secondary N) is 2. The molecule has 32 heavy (non-hydrogen) atoms. The minimum Gasteiger partial charge on any atom is -0.379 e. The third-order valence-electron chi connectivity index (χ3n) is 6.57. The van der Waals surface area contributed by atoms with Gasteiger partial charge in [0.15, 0.2) is 5.65 Å². The Morgan fingerprint density at radius 1 is 1.19 bits per heavy atom. The van der Waals surface area contributed by atoms with Crippen molar-refractivity contribution < 1.29 is 9.13 Å². The van der Waals surface area contributed by atoms with Gasteiger partial charge in [-0.1, -0.05) is 25.8 Å². The number of hydrogen-bond donors (Lipinski definition) is 2. The minimum absolute atomic E-state index is 0.124. The van der Waals surface area contributed by atoms with Gasteiger partial charge in [0.2, 0.25) is 11.9 Å². The van der Waals surface area contributed by atoms with Gasteiger partial charge in [-0.25, -0.2) is 14.4 Å². The maximum Gasteiger partial charge on any atom is 0.224 e. The number of nitrogens with zero attached hydrogens (tertiary/aromatic N) is 5. The van der Waals surface area contributed by atoms with Crippen LogP contribution in [0.1, 0.15) is 45.1 Å². The number of ether oxygens (including phenoxy) is 1. The van der Waals surface area contributed by atoms with Crippen LogP contribution in [0.5, 0.6) is 0 Å². The first-order valence-corrected chi connectivity index (χ1v) is 11.8. The molecule has 0 aromatic carbocycles. The zero-order valence-corrected chi connectivity index (χ0v) is 18.7. The number of fused-ring (bicyclic) bond motifs is 1. The second-order valence-corrected chi connectivity index (χ2v) is 9.01. The molecular weight excluding hydrogens is 409 g/mol. The molecule has 2 aromatic rings. The van der Waals surface area contributed by atoms with Gasteiger partial charge in [0.1, 0.15) is 11.3 Å².